The fraction of sp³-hybridized carbons (Fsp3) is 0.562. The highest BCUT2D eigenvalue weighted by Gasteiger charge is 2.30. The van der Waals surface area contributed by atoms with Gasteiger partial charge in [-0.2, -0.15) is 0 Å². The second-order valence-electron chi connectivity index (χ2n) is 5.14. The lowest BCUT2D eigenvalue weighted by Gasteiger charge is -2.34. The van der Waals surface area contributed by atoms with E-state index in [0.29, 0.717) is 24.2 Å². The Labute approximate surface area is 109 Å². The Morgan fingerprint density at radius 1 is 1.28 bits per heavy atom. The second kappa shape index (κ2) is 6.69. The summed E-state index contributed by atoms with van der Waals surface area (Å²) < 4.78 is 5.51. The van der Waals surface area contributed by atoms with Gasteiger partial charge in [0, 0.05) is 19.4 Å². The molecule has 1 fully saturated rings. The van der Waals surface area contributed by atoms with Crippen molar-refractivity contribution in [3.05, 3.63) is 35.9 Å². The normalized spacial score (nSPS) is 22.5. The molecular formula is C16H22O2. The van der Waals surface area contributed by atoms with Crippen LogP contribution in [0.1, 0.15) is 38.2 Å². The van der Waals surface area contributed by atoms with Crippen LogP contribution in [0.5, 0.6) is 0 Å². The average molecular weight is 246 g/mol. The van der Waals surface area contributed by atoms with Gasteiger partial charge in [0.2, 0.25) is 0 Å². The summed E-state index contributed by atoms with van der Waals surface area (Å²) in [6, 6.07) is 10.2. The van der Waals surface area contributed by atoms with Crippen LogP contribution < -0.4 is 0 Å². The van der Waals surface area contributed by atoms with Crippen LogP contribution in [0.25, 0.3) is 0 Å². The summed E-state index contributed by atoms with van der Waals surface area (Å²) in [5.41, 5.74) is 1.26. The Kier molecular flexibility index (Phi) is 4.94. The number of carbonyl (C=O) groups is 1. The van der Waals surface area contributed by atoms with E-state index < -0.39 is 0 Å². The first-order valence-corrected chi connectivity index (χ1v) is 6.95. The molecule has 0 unspecified atom stereocenters. The Morgan fingerprint density at radius 3 is 2.67 bits per heavy atom. The maximum absolute atomic E-state index is 11.8. The van der Waals surface area contributed by atoms with Gasteiger partial charge in [-0.15, -0.1) is 0 Å². The standard InChI is InChI=1S/C16H22O2/c1-2-18-16-11-14(12-16)10-15(17)9-8-13-6-4-3-5-7-13/h3-7,14,16H,2,8-12H2,1H3. The van der Waals surface area contributed by atoms with Crippen LogP contribution in [0.4, 0.5) is 0 Å². The Morgan fingerprint density at radius 2 is 2.00 bits per heavy atom. The number of benzene rings is 1. The van der Waals surface area contributed by atoms with E-state index in [1.807, 2.05) is 25.1 Å². The van der Waals surface area contributed by atoms with E-state index in [9.17, 15) is 4.79 Å². The molecule has 0 aliphatic heterocycles. The molecular weight excluding hydrogens is 224 g/mol. The van der Waals surface area contributed by atoms with Gasteiger partial charge in [0.05, 0.1) is 6.10 Å². The van der Waals surface area contributed by atoms with Crippen molar-refractivity contribution in [1.82, 2.24) is 0 Å². The molecule has 0 saturated heterocycles. The lowest BCUT2D eigenvalue weighted by molar-refractivity contribution is -0.122. The van der Waals surface area contributed by atoms with Gasteiger partial charge in [-0.05, 0) is 37.7 Å². The topological polar surface area (TPSA) is 26.3 Å². The SMILES string of the molecule is CCOC1CC(CC(=O)CCc2ccccc2)C1. The monoisotopic (exact) mass is 246 g/mol. The molecule has 0 heterocycles. The van der Waals surface area contributed by atoms with Crippen LogP contribution in [0.3, 0.4) is 0 Å². The quantitative estimate of drug-likeness (QED) is 0.737. The highest BCUT2D eigenvalue weighted by molar-refractivity contribution is 5.79. The molecule has 18 heavy (non-hydrogen) atoms. The fourth-order valence-corrected chi connectivity index (χ4v) is 2.57. The average Bonchev–Trinajstić information content (AvgIpc) is 2.35. The zero-order valence-corrected chi connectivity index (χ0v) is 11.1. The van der Waals surface area contributed by atoms with Crippen molar-refractivity contribution in [2.75, 3.05) is 6.61 Å². The third-order valence-corrected chi connectivity index (χ3v) is 3.65. The van der Waals surface area contributed by atoms with E-state index in [1.165, 1.54) is 5.56 Å². The minimum absolute atomic E-state index is 0.402. The molecule has 0 bridgehead atoms. The number of ketones is 1. The first kappa shape index (κ1) is 13.3. The van der Waals surface area contributed by atoms with E-state index in [-0.39, 0.29) is 0 Å². The van der Waals surface area contributed by atoms with E-state index in [2.05, 4.69) is 12.1 Å². The number of carbonyl (C=O) groups excluding carboxylic acids is 1. The fourth-order valence-electron chi connectivity index (χ4n) is 2.57. The molecule has 1 aromatic carbocycles. The summed E-state index contributed by atoms with van der Waals surface area (Å²) >= 11 is 0. The highest BCUT2D eigenvalue weighted by atomic mass is 16.5. The molecule has 1 aliphatic carbocycles. The van der Waals surface area contributed by atoms with Crippen LogP contribution in [-0.4, -0.2) is 18.5 Å². The first-order chi connectivity index (χ1) is 8.78. The molecule has 0 spiro atoms. The van der Waals surface area contributed by atoms with Gasteiger partial charge in [0.15, 0.2) is 0 Å². The van der Waals surface area contributed by atoms with Gasteiger partial charge < -0.3 is 4.74 Å². The van der Waals surface area contributed by atoms with Gasteiger partial charge >= 0.3 is 0 Å². The molecule has 2 nitrogen and oxygen atoms in total. The Bertz CT molecular complexity index is 366. The predicted molar refractivity (Wildman–Crippen MR) is 72.5 cm³/mol. The summed E-state index contributed by atoms with van der Waals surface area (Å²) in [6.07, 6.45) is 4.87. The van der Waals surface area contributed by atoms with Crippen LogP contribution >= 0.6 is 0 Å². The van der Waals surface area contributed by atoms with Crippen molar-refractivity contribution >= 4 is 5.78 Å². The molecule has 1 saturated carbocycles. The predicted octanol–water partition coefficient (Wildman–Crippen LogP) is 3.39. The minimum atomic E-state index is 0.402. The van der Waals surface area contributed by atoms with Crippen LogP contribution in [-0.2, 0) is 16.0 Å². The zero-order chi connectivity index (χ0) is 12.8. The van der Waals surface area contributed by atoms with E-state index >= 15 is 0 Å². The van der Waals surface area contributed by atoms with Gasteiger partial charge in [-0.1, -0.05) is 30.3 Å². The minimum Gasteiger partial charge on any atom is -0.378 e. The maximum atomic E-state index is 11.8. The summed E-state index contributed by atoms with van der Waals surface area (Å²) in [4.78, 5) is 11.8. The summed E-state index contributed by atoms with van der Waals surface area (Å²) in [6.45, 7) is 2.82. The number of hydrogen-bond acceptors (Lipinski definition) is 2. The molecule has 98 valence electrons. The lowest BCUT2D eigenvalue weighted by Crippen LogP contribution is -2.32. The van der Waals surface area contributed by atoms with Gasteiger partial charge in [-0.25, -0.2) is 0 Å². The second-order valence-corrected chi connectivity index (χ2v) is 5.14. The van der Waals surface area contributed by atoms with Crippen molar-refractivity contribution < 1.29 is 9.53 Å². The van der Waals surface area contributed by atoms with Crippen LogP contribution in [0.2, 0.25) is 0 Å². The maximum Gasteiger partial charge on any atom is 0.133 e. The first-order valence-electron chi connectivity index (χ1n) is 6.95. The van der Waals surface area contributed by atoms with Gasteiger partial charge in [-0.3, -0.25) is 4.79 Å². The van der Waals surface area contributed by atoms with E-state index in [1.54, 1.807) is 0 Å². The molecule has 0 N–H and O–H groups in total. The number of hydrogen-bond donors (Lipinski definition) is 0. The van der Waals surface area contributed by atoms with Crippen molar-refractivity contribution in [3.8, 4) is 0 Å². The molecule has 0 amide bonds. The Hall–Kier alpha value is -1.15. The molecule has 2 heteroatoms. The molecule has 1 aromatic rings. The van der Waals surface area contributed by atoms with Crippen molar-refractivity contribution in [2.45, 2.75) is 45.1 Å². The number of aryl methyl sites for hydroxylation is 1. The summed E-state index contributed by atoms with van der Waals surface area (Å²) in [5, 5.41) is 0. The van der Waals surface area contributed by atoms with Crippen LogP contribution in [0, 0.1) is 5.92 Å². The third kappa shape index (κ3) is 3.95. The molecule has 1 aliphatic rings. The molecule has 0 atom stereocenters. The van der Waals surface area contributed by atoms with Crippen LogP contribution in [0.15, 0.2) is 30.3 Å². The van der Waals surface area contributed by atoms with E-state index in [4.69, 9.17) is 4.74 Å². The van der Waals surface area contributed by atoms with Crippen molar-refractivity contribution in [2.24, 2.45) is 5.92 Å². The molecule has 2 rings (SSSR count). The lowest BCUT2D eigenvalue weighted by atomic mass is 9.78. The highest BCUT2D eigenvalue weighted by Crippen LogP contribution is 2.33. The number of Topliss-reactive ketones (excluding diaryl/α,β-unsaturated/α-hetero) is 1. The molecule has 0 radical (unpaired) electrons. The largest absolute Gasteiger partial charge is 0.378 e. The third-order valence-electron chi connectivity index (χ3n) is 3.65. The Balaban J connectivity index is 1.62. The number of ether oxygens (including phenoxy) is 1. The smallest absolute Gasteiger partial charge is 0.133 e. The van der Waals surface area contributed by atoms with Crippen molar-refractivity contribution in [1.29, 1.82) is 0 Å². The summed E-state index contributed by atoms with van der Waals surface area (Å²) in [5.74, 6) is 0.976. The zero-order valence-electron chi connectivity index (χ0n) is 11.1. The summed E-state index contributed by atoms with van der Waals surface area (Å²) in [7, 11) is 0. The van der Waals surface area contributed by atoms with Gasteiger partial charge in [0.25, 0.3) is 0 Å². The molecule has 0 aromatic heterocycles. The van der Waals surface area contributed by atoms with Crippen molar-refractivity contribution in [3.63, 3.8) is 0 Å². The van der Waals surface area contributed by atoms with Gasteiger partial charge in [0.1, 0.15) is 5.78 Å². The number of rotatable bonds is 7. The van der Waals surface area contributed by atoms with E-state index in [0.717, 1.165) is 32.3 Å².